The van der Waals surface area contributed by atoms with Gasteiger partial charge in [0.05, 0.1) is 22.6 Å². The lowest BCUT2D eigenvalue weighted by atomic mass is 10.2. The normalized spacial score (nSPS) is 11.3. The summed E-state index contributed by atoms with van der Waals surface area (Å²) < 4.78 is 1.93. The van der Waals surface area contributed by atoms with Crippen molar-refractivity contribution in [3.63, 3.8) is 0 Å². The average Bonchev–Trinajstić information content (AvgIpc) is 3.12. The van der Waals surface area contributed by atoms with Crippen molar-refractivity contribution in [1.82, 2.24) is 14.8 Å². The Morgan fingerprint density at radius 1 is 1.39 bits per heavy atom. The quantitative estimate of drug-likeness (QED) is 0.774. The van der Waals surface area contributed by atoms with Crippen LogP contribution in [0.5, 0.6) is 0 Å². The Morgan fingerprint density at radius 2 is 2.22 bits per heavy atom. The lowest BCUT2D eigenvalue weighted by Gasteiger charge is -2.04. The molecule has 0 aliphatic carbocycles. The summed E-state index contributed by atoms with van der Waals surface area (Å²) in [6, 6.07) is 6.11. The number of aryl methyl sites for hydroxylation is 1. The van der Waals surface area contributed by atoms with Crippen molar-refractivity contribution in [2.45, 2.75) is 39.7 Å². The molecule has 1 amide bonds. The monoisotopic (exact) mass is 328 g/mol. The predicted molar refractivity (Wildman–Crippen MR) is 93.9 cm³/mol. The van der Waals surface area contributed by atoms with Gasteiger partial charge in [-0.15, -0.1) is 11.3 Å². The Morgan fingerprint density at radius 3 is 2.91 bits per heavy atom. The van der Waals surface area contributed by atoms with Crippen molar-refractivity contribution in [2.75, 3.05) is 5.32 Å². The van der Waals surface area contributed by atoms with Gasteiger partial charge in [0.15, 0.2) is 0 Å². The van der Waals surface area contributed by atoms with Crippen LogP contribution in [0.15, 0.2) is 29.8 Å². The Hall–Kier alpha value is -2.21. The van der Waals surface area contributed by atoms with Crippen molar-refractivity contribution >= 4 is 33.8 Å². The van der Waals surface area contributed by atoms with E-state index in [9.17, 15) is 4.79 Å². The topological polar surface area (TPSA) is 59.8 Å². The third kappa shape index (κ3) is 3.59. The third-order valence-corrected chi connectivity index (χ3v) is 4.62. The van der Waals surface area contributed by atoms with E-state index in [1.54, 1.807) is 11.3 Å². The molecule has 0 radical (unpaired) electrons. The number of nitrogens with one attached hydrogen (secondary N) is 1. The summed E-state index contributed by atoms with van der Waals surface area (Å²) in [6.45, 7) is 6.24. The van der Waals surface area contributed by atoms with E-state index in [0.717, 1.165) is 33.7 Å². The maximum Gasteiger partial charge on any atom is 0.230 e. The molecule has 120 valence electrons. The second-order valence-electron chi connectivity index (χ2n) is 5.79. The Bertz CT molecular complexity index is 834. The Balaban J connectivity index is 1.71. The molecular formula is C17H20N4OS. The van der Waals surface area contributed by atoms with E-state index in [-0.39, 0.29) is 5.91 Å². The van der Waals surface area contributed by atoms with E-state index in [0.29, 0.717) is 12.5 Å². The van der Waals surface area contributed by atoms with Crippen LogP contribution in [0.2, 0.25) is 0 Å². The summed E-state index contributed by atoms with van der Waals surface area (Å²) in [7, 11) is 0. The minimum absolute atomic E-state index is 0.0550. The number of nitrogens with zero attached hydrogens (tertiary/aromatic N) is 3. The van der Waals surface area contributed by atoms with Crippen molar-refractivity contribution in [1.29, 1.82) is 0 Å². The summed E-state index contributed by atoms with van der Waals surface area (Å²) in [4.78, 5) is 16.6. The summed E-state index contributed by atoms with van der Waals surface area (Å²) in [6.07, 6.45) is 3.23. The zero-order valence-corrected chi connectivity index (χ0v) is 14.4. The van der Waals surface area contributed by atoms with Gasteiger partial charge < -0.3 is 5.32 Å². The van der Waals surface area contributed by atoms with Crippen LogP contribution in [0.25, 0.3) is 10.9 Å². The van der Waals surface area contributed by atoms with Crippen LogP contribution in [-0.2, 0) is 17.6 Å². The molecule has 0 saturated heterocycles. The first-order valence-corrected chi connectivity index (χ1v) is 8.65. The number of carbonyl (C=O) groups excluding carboxylic acids is 1. The van der Waals surface area contributed by atoms with Crippen LogP contribution >= 0.6 is 11.3 Å². The molecule has 23 heavy (non-hydrogen) atoms. The van der Waals surface area contributed by atoms with Gasteiger partial charge in [0.2, 0.25) is 5.91 Å². The Kier molecular flexibility index (Phi) is 4.43. The molecule has 3 aromatic rings. The Labute approximate surface area is 139 Å². The second-order valence-corrected chi connectivity index (χ2v) is 6.73. The maximum absolute atomic E-state index is 12.2. The molecule has 1 N–H and O–H groups in total. The van der Waals surface area contributed by atoms with Crippen molar-refractivity contribution in [3.8, 4) is 0 Å². The summed E-state index contributed by atoms with van der Waals surface area (Å²) >= 11 is 1.60. The van der Waals surface area contributed by atoms with Gasteiger partial charge in [0, 0.05) is 28.7 Å². The highest BCUT2D eigenvalue weighted by molar-refractivity contribution is 7.09. The number of rotatable bonds is 5. The summed E-state index contributed by atoms with van der Waals surface area (Å²) in [5, 5.41) is 11.5. The van der Waals surface area contributed by atoms with E-state index in [2.05, 4.69) is 36.2 Å². The van der Waals surface area contributed by atoms with Crippen LogP contribution in [0, 0.1) is 0 Å². The molecule has 1 aromatic carbocycles. The zero-order valence-electron chi connectivity index (χ0n) is 13.5. The summed E-state index contributed by atoms with van der Waals surface area (Å²) in [5.41, 5.74) is 2.48. The molecule has 0 aliphatic rings. The molecule has 2 aromatic heterocycles. The smallest absolute Gasteiger partial charge is 0.230 e. The van der Waals surface area contributed by atoms with Gasteiger partial charge >= 0.3 is 0 Å². The van der Waals surface area contributed by atoms with Crippen LogP contribution in [-0.4, -0.2) is 20.7 Å². The first kappa shape index (κ1) is 15.7. The highest BCUT2D eigenvalue weighted by atomic mass is 32.1. The largest absolute Gasteiger partial charge is 0.326 e. The average molecular weight is 328 g/mol. The highest BCUT2D eigenvalue weighted by Gasteiger charge is 2.09. The number of hydrogen-bond acceptors (Lipinski definition) is 4. The van der Waals surface area contributed by atoms with Crippen LogP contribution in [0.3, 0.4) is 0 Å². The van der Waals surface area contributed by atoms with E-state index < -0.39 is 0 Å². The minimum atomic E-state index is -0.0550. The first-order chi connectivity index (χ1) is 11.0. The van der Waals surface area contributed by atoms with Crippen molar-refractivity contribution in [3.05, 3.63) is 40.5 Å². The van der Waals surface area contributed by atoms with Gasteiger partial charge in [0.25, 0.3) is 0 Å². The number of benzene rings is 1. The molecular weight excluding hydrogens is 308 g/mol. The molecule has 5 nitrogen and oxygen atoms in total. The zero-order chi connectivity index (χ0) is 16.4. The van der Waals surface area contributed by atoms with Gasteiger partial charge in [-0.3, -0.25) is 9.48 Å². The first-order valence-electron chi connectivity index (χ1n) is 7.77. The van der Waals surface area contributed by atoms with E-state index in [1.165, 1.54) is 0 Å². The number of thiazole rings is 1. The van der Waals surface area contributed by atoms with Gasteiger partial charge in [-0.05, 0) is 38.5 Å². The van der Waals surface area contributed by atoms with Crippen LogP contribution < -0.4 is 5.32 Å². The molecule has 0 spiro atoms. The number of aromatic nitrogens is 3. The lowest BCUT2D eigenvalue weighted by Crippen LogP contribution is -2.14. The molecule has 0 saturated carbocycles. The SMILES string of the molecule is CCc1nc(CC(=O)Nc2ccc3cn(C(C)C)nc3c2)cs1. The number of fused-ring (bicyclic) bond motifs is 1. The minimum Gasteiger partial charge on any atom is -0.326 e. The molecule has 0 bridgehead atoms. The highest BCUT2D eigenvalue weighted by Crippen LogP contribution is 2.20. The van der Waals surface area contributed by atoms with Crippen molar-refractivity contribution < 1.29 is 4.79 Å². The van der Waals surface area contributed by atoms with Gasteiger partial charge in [0.1, 0.15) is 0 Å². The molecule has 3 rings (SSSR count). The van der Waals surface area contributed by atoms with Crippen LogP contribution in [0.4, 0.5) is 5.69 Å². The fraction of sp³-hybridized carbons (Fsp3) is 0.353. The molecule has 0 fully saturated rings. The van der Waals surface area contributed by atoms with Crippen molar-refractivity contribution in [2.24, 2.45) is 0 Å². The van der Waals surface area contributed by atoms with Crippen LogP contribution in [0.1, 0.15) is 37.5 Å². The fourth-order valence-electron chi connectivity index (χ4n) is 2.34. The number of hydrogen-bond donors (Lipinski definition) is 1. The van der Waals surface area contributed by atoms with Gasteiger partial charge in [-0.25, -0.2) is 4.98 Å². The molecule has 0 atom stereocenters. The second kappa shape index (κ2) is 6.50. The lowest BCUT2D eigenvalue weighted by molar-refractivity contribution is -0.115. The molecule has 0 aliphatic heterocycles. The number of amides is 1. The van der Waals surface area contributed by atoms with E-state index in [1.807, 2.05) is 34.5 Å². The molecule has 6 heteroatoms. The standard InChI is InChI=1S/C17H20N4OS/c1-4-17-19-14(10-23-17)8-16(22)18-13-6-5-12-9-21(11(2)3)20-15(12)7-13/h5-7,9-11H,4,8H2,1-3H3,(H,18,22). The molecule has 2 heterocycles. The molecule has 0 unspecified atom stereocenters. The number of anilines is 1. The third-order valence-electron chi connectivity index (χ3n) is 3.58. The predicted octanol–water partition coefficient (Wildman–Crippen LogP) is 3.82. The summed E-state index contributed by atoms with van der Waals surface area (Å²) in [5.74, 6) is -0.0550. The van der Waals surface area contributed by atoms with Gasteiger partial charge in [-0.2, -0.15) is 5.10 Å². The maximum atomic E-state index is 12.2. The van der Waals surface area contributed by atoms with Gasteiger partial charge in [-0.1, -0.05) is 6.92 Å². The van der Waals surface area contributed by atoms with E-state index >= 15 is 0 Å². The van der Waals surface area contributed by atoms with E-state index in [4.69, 9.17) is 0 Å². The number of carbonyl (C=O) groups is 1. The fourth-order valence-corrected chi connectivity index (χ4v) is 3.08.